The molecule has 1 heterocycles. The molecule has 150 valence electrons. The molecule has 2 aromatic rings. The monoisotopic (exact) mass is 400 g/mol. The average molecular weight is 401 g/mol. The molecule has 2 aromatic carbocycles. The van der Waals surface area contributed by atoms with Gasteiger partial charge in [0, 0.05) is 18.1 Å². The Morgan fingerprint density at radius 1 is 1.14 bits per heavy atom. The van der Waals surface area contributed by atoms with Crippen LogP contribution in [0.3, 0.4) is 0 Å². The first-order valence-electron chi connectivity index (χ1n) is 10.1. The van der Waals surface area contributed by atoms with Crippen LogP contribution in [-0.2, 0) is 17.9 Å². The van der Waals surface area contributed by atoms with E-state index in [0.29, 0.717) is 23.7 Å². The highest BCUT2D eigenvalue weighted by Crippen LogP contribution is 2.22. The highest BCUT2D eigenvalue weighted by atomic mass is 35.5. The molecule has 1 atom stereocenters. The van der Waals surface area contributed by atoms with Gasteiger partial charge < -0.3 is 10.1 Å². The van der Waals surface area contributed by atoms with Gasteiger partial charge in [-0.3, -0.25) is 9.69 Å². The predicted molar refractivity (Wildman–Crippen MR) is 114 cm³/mol. The fourth-order valence-corrected chi connectivity index (χ4v) is 3.56. The highest BCUT2D eigenvalue weighted by molar-refractivity contribution is 6.31. The third-order valence-corrected chi connectivity index (χ3v) is 5.59. The van der Waals surface area contributed by atoms with Crippen LogP contribution >= 0.6 is 11.6 Å². The average Bonchev–Trinajstić information content (AvgIpc) is 3.21. The highest BCUT2D eigenvalue weighted by Gasteiger charge is 2.18. The van der Waals surface area contributed by atoms with Crippen LogP contribution in [0, 0.1) is 6.92 Å². The molecule has 0 radical (unpaired) electrons. The number of nitrogens with one attached hydrogen (secondary N) is 1. The van der Waals surface area contributed by atoms with Gasteiger partial charge in [0.15, 0.2) is 6.10 Å². The summed E-state index contributed by atoms with van der Waals surface area (Å²) in [7, 11) is 0. The van der Waals surface area contributed by atoms with Crippen LogP contribution in [0.4, 0.5) is 0 Å². The molecule has 1 aliphatic rings. The predicted octanol–water partition coefficient (Wildman–Crippen LogP) is 4.72. The van der Waals surface area contributed by atoms with Crippen LogP contribution in [0.15, 0.2) is 42.5 Å². The SMILES string of the molecule is CC[C@H](Oc1ccc(Cl)c(C)c1)C(=O)NCc1ccc(CN2CCCC2)cc1. The van der Waals surface area contributed by atoms with Gasteiger partial charge in [0.05, 0.1) is 0 Å². The summed E-state index contributed by atoms with van der Waals surface area (Å²) in [5.74, 6) is 0.561. The maximum absolute atomic E-state index is 12.5. The van der Waals surface area contributed by atoms with Gasteiger partial charge in [0.25, 0.3) is 5.91 Å². The zero-order valence-corrected chi connectivity index (χ0v) is 17.5. The summed E-state index contributed by atoms with van der Waals surface area (Å²) in [6.45, 7) is 7.78. The van der Waals surface area contributed by atoms with E-state index in [9.17, 15) is 4.79 Å². The van der Waals surface area contributed by atoms with E-state index in [1.165, 1.54) is 31.5 Å². The van der Waals surface area contributed by atoms with Gasteiger partial charge in [-0.2, -0.15) is 0 Å². The van der Waals surface area contributed by atoms with Crippen molar-refractivity contribution in [2.24, 2.45) is 0 Å². The van der Waals surface area contributed by atoms with E-state index >= 15 is 0 Å². The Bertz CT molecular complexity index is 786. The van der Waals surface area contributed by atoms with Crippen molar-refractivity contribution >= 4 is 17.5 Å². The lowest BCUT2D eigenvalue weighted by atomic mass is 10.1. The molecule has 1 aliphatic heterocycles. The van der Waals surface area contributed by atoms with Gasteiger partial charge in [-0.1, -0.05) is 42.8 Å². The number of carbonyl (C=O) groups is 1. The number of aryl methyl sites for hydroxylation is 1. The van der Waals surface area contributed by atoms with E-state index in [0.717, 1.165) is 17.7 Å². The number of rotatable bonds is 8. The largest absolute Gasteiger partial charge is 0.481 e. The topological polar surface area (TPSA) is 41.6 Å². The smallest absolute Gasteiger partial charge is 0.261 e. The summed E-state index contributed by atoms with van der Waals surface area (Å²) < 4.78 is 5.87. The summed E-state index contributed by atoms with van der Waals surface area (Å²) in [4.78, 5) is 15.0. The summed E-state index contributed by atoms with van der Waals surface area (Å²) in [6, 6.07) is 13.9. The fourth-order valence-electron chi connectivity index (χ4n) is 3.44. The van der Waals surface area contributed by atoms with Gasteiger partial charge in [-0.05, 0) is 74.2 Å². The van der Waals surface area contributed by atoms with Crippen molar-refractivity contribution in [1.29, 1.82) is 0 Å². The van der Waals surface area contributed by atoms with Crippen LogP contribution < -0.4 is 10.1 Å². The second kappa shape index (κ2) is 9.94. The van der Waals surface area contributed by atoms with Crippen LogP contribution in [-0.4, -0.2) is 30.0 Å². The van der Waals surface area contributed by atoms with Crippen molar-refractivity contribution in [3.8, 4) is 5.75 Å². The molecule has 5 heteroatoms. The summed E-state index contributed by atoms with van der Waals surface area (Å²) in [6.07, 6.45) is 2.69. The standard InChI is InChI=1S/C23H29ClN2O2/c1-3-22(28-20-10-11-21(24)17(2)14-20)23(27)25-15-18-6-8-19(9-7-18)16-26-12-4-5-13-26/h6-11,14,22H,3-5,12-13,15-16H2,1-2H3,(H,25,27)/t22-/m0/s1. The molecule has 3 rings (SSSR count). The Kier molecular flexibility index (Phi) is 7.35. The Labute approximate surface area is 172 Å². The number of halogens is 1. The van der Waals surface area contributed by atoms with Crippen LogP contribution in [0.2, 0.25) is 5.02 Å². The Morgan fingerprint density at radius 2 is 1.82 bits per heavy atom. The van der Waals surface area contributed by atoms with Crippen molar-refractivity contribution < 1.29 is 9.53 Å². The van der Waals surface area contributed by atoms with Crippen LogP contribution in [0.5, 0.6) is 5.75 Å². The van der Waals surface area contributed by atoms with Crippen LogP contribution in [0.1, 0.15) is 42.9 Å². The minimum Gasteiger partial charge on any atom is -0.481 e. The lowest BCUT2D eigenvalue weighted by Gasteiger charge is -2.18. The van der Waals surface area contributed by atoms with Gasteiger partial charge in [0.2, 0.25) is 0 Å². The number of amides is 1. The third-order valence-electron chi connectivity index (χ3n) is 5.17. The number of carbonyl (C=O) groups excluding carboxylic acids is 1. The Morgan fingerprint density at radius 3 is 2.46 bits per heavy atom. The van der Waals surface area contributed by atoms with E-state index in [-0.39, 0.29) is 5.91 Å². The Hall–Kier alpha value is -2.04. The second-order valence-electron chi connectivity index (χ2n) is 7.44. The summed E-state index contributed by atoms with van der Waals surface area (Å²) in [5.41, 5.74) is 3.35. The van der Waals surface area contributed by atoms with E-state index in [4.69, 9.17) is 16.3 Å². The van der Waals surface area contributed by atoms with E-state index < -0.39 is 6.10 Å². The number of hydrogen-bond donors (Lipinski definition) is 1. The van der Waals surface area contributed by atoms with Gasteiger partial charge in [-0.15, -0.1) is 0 Å². The quantitative estimate of drug-likeness (QED) is 0.697. The molecular weight excluding hydrogens is 372 g/mol. The zero-order chi connectivity index (χ0) is 19.9. The molecule has 1 N–H and O–H groups in total. The molecule has 28 heavy (non-hydrogen) atoms. The van der Waals surface area contributed by atoms with Gasteiger partial charge in [-0.25, -0.2) is 0 Å². The maximum atomic E-state index is 12.5. The molecule has 0 unspecified atom stereocenters. The molecule has 0 saturated carbocycles. The zero-order valence-electron chi connectivity index (χ0n) is 16.7. The lowest BCUT2D eigenvalue weighted by molar-refractivity contribution is -0.128. The maximum Gasteiger partial charge on any atom is 0.261 e. The van der Waals surface area contributed by atoms with E-state index in [1.54, 1.807) is 12.1 Å². The van der Waals surface area contributed by atoms with Crippen LogP contribution in [0.25, 0.3) is 0 Å². The molecule has 1 amide bonds. The van der Waals surface area contributed by atoms with Crippen molar-refractivity contribution in [2.75, 3.05) is 13.1 Å². The van der Waals surface area contributed by atoms with Gasteiger partial charge >= 0.3 is 0 Å². The van der Waals surface area contributed by atoms with Crippen molar-refractivity contribution in [3.63, 3.8) is 0 Å². The molecule has 0 spiro atoms. The van der Waals surface area contributed by atoms with Crippen molar-refractivity contribution in [1.82, 2.24) is 10.2 Å². The van der Waals surface area contributed by atoms with E-state index in [2.05, 4.69) is 34.5 Å². The van der Waals surface area contributed by atoms with Gasteiger partial charge in [0.1, 0.15) is 5.75 Å². The minimum atomic E-state index is -0.519. The number of nitrogens with zero attached hydrogens (tertiary/aromatic N) is 1. The number of ether oxygens (including phenoxy) is 1. The normalized spacial score (nSPS) is 15.4. The van der Waals surface area contributed by atoms with Crippen molar-refractivity contribution in [2.45, 2.75) is 52.3 Å². The third kappa shape index (κ3) is 5.73. The molecule has 0 bridgehead atoms. The molecule has 1 fully saturated rings. The molecule has 4 nitrogen and oxygen atoms in total. The Balaban J connectivity index is 1.50. The number of hydrogen-bond acceptors (Lipinski definition) is 3. The first-order valence-corrected chi connectivity index (χ1v) is 10.4. The summed E-state index contributed by atoms with van der Waals surface area (Å²) in [5, 5.41) is 3.68. The first-order chi connectivity index (χ1) is 13.5. The number of benzene rings is 2. The second-order valence-corrected chi connectivity index (χ2v) is 7.85. The first kappa shape index (κ1) is 20.7. The molecule has 0 aliphatic carbocycles. The molecular formula is C23H29ClN2O2. The fraction of sp³-hybridized carbons (Fsp3) is 0.435. The summed E-state index contributed by atoms with van der Waals surface area (Å²) >= 11 is 6.05. The van der Waals surface area contributed by atoms with E-state index in [1.807, 2.05) is 19.9 Å². The van der Waals surface area contributed by atoms with Crippen molar-refractivity contribution in [3.05, 3.63) is 64.2 Å². The molecule has 0 aromatic heterocycles. The lowest BCUT2D eigenvalue weighted by Crippen LogP contribution is -2.37. The minimum absolute atomic E-state index is 0.101. The number of likely N-dealkylation sites (tertiary alicyclic amines) is 1. The molecule has 1 saturated heterocycles.